The van der Waals surface area contributed by atoms with Gasteiger partial charge in [-0.3, -0.25) is 9.59 Å². The van der Waals surface area contributed by atoms with Crippen molar-refractivity contribution in [3.8, 4) is 0 Å². The van der Waals surface area contributed by atoms with Crippen LogP contribution in [-0.2, 0) is 16.0 Å². The summed E-state index contributed by atoms with van der Waals surface area (Å²) in [5, 5.41) is 2.76. The lowest BCUT2D eigenvalue weighted by Gasteiger charge is -2.07. The second-order valence-electron chi connectivity index (χ2n) is 6.00. The summed E-state index contributed by atoms with van der Waals surface area (Å²) >= 11 is 0. The Bertz CT molecular complexity index is 857. The number of benzene rings is 1. The second kappa shape index (κ2) is 9.00. The van der Waals surface area contributed by atoms with Gasteiger partial charge in [0.05, 0.1) is 12.2 Å². The van der Waals surface area contributed by atoms with Gasteiger partial charge in [-0.25, -0.2) is 4.79 Å². The normalized spacial score (nSPS) is 10.5. The van der Waals surface area contributed by atoms with Crippen molar-refractivity contribution in [1.29, 1.82) is 0 Å². The van der Waals surface area contributed by atoms with E-state index in [1.807, 2.05) is 0 Å². The molecule has 2 aromatic rings. The summed E-state index contributed by atoms with van der Waals surface area (Å²) in [5.41, 5.74) is 8.06. The smallest absolute Gasteiger partial charge is 0.340 e. The number of H-pyrrole nitrogens is 1. The highest BCUT2D eigenvalue weighted by molar-refractivity contribution is 6.00. The fourth-order valence-corrected chi connectivity index (χ4v) is 2.68. The summed E-state index contributed by atoms with van der Waals surface area (Å²) in [7, 11) is 1.52. The van der Waals surface area contributed by atoms with Crippen molar-refractivity contribution in [1.82, 2.24) is 10.3 Å². The molecule has 2 rings (SSSR count). The van der Waals surface area contributed by atoms with Crippen LogP contribution in [0, 0.1) is 13.8 Å². The molecule has 0 radical (unpaired) electrons. The Hall–Kier alpha value is -3.13. The number of methoxy groups -OCH3 is 1. The molecule has 0 saturated heterocycles. The number of aromatic amines is 1. The molecule has 0 saturated carbocycles. The number of aromatic nitrogens is 1. The van der Waals surface area contributed by atoms with Crippen molar-refractivity contribution in [3.05, 3.63) is 57.9 Å². The van der Waals surface area contributed by atoms with Crippen LogP contribution in [0.15, 0.2) is 24.3 Å². The van der Waals surface area contributed by atoms with Crippen molar-refractivity contribution in [3.63, 3.8) is 0 Å². The third-order valence-corrected chi connectivity index (χ3v) is 4.05. The first-order valence-electron chi connectivity index (χ1n) is 8.37. The minimum atomic E-state index is -0.532. The van der Waals surface area contributed by atoms with Gasteiger partial charge >= 0.3 is 5.97 Å². The molecule has 0 unspecified atom stereocenters. The minimum absolute atomic E-state index is 0.136. The van der Waals surface area contributed by atoms with Gasteiger partial charge in [0.2, 0.25) is 5.91 Å². The molecule has 0 aliphatic carbocycles. The van der Waals surface area contributed by atoms with E-state index in [0.29, 0.717) is 29.0 Å². The van der Waals surface area contributed by atoms with Crippen LogP contribution in [0.2, 0.25) is 0 Å². The number of carbonyl (C=O) groups excluding carboxylic acids is 3. The van der Waals surface area contributed by atoms with Crippen molar-refractivity contribution in [2.75, 3.05) is 20.3 Å². The lowest BCUT2D eigenvalue weighted by atomic mass is 10.1. The molecule has 1 aromatic heterocycles. The summed E-state index contributed by atoms with van der Waals surface area (Å²) in [6, 6.07) is 6.69. The van der Waals surface area contributed by atoms with Gasteiger partial charge in [0.25, 0.3) is 5.91 Å². The Kier molecular flexibility index (Phi) is 6.73. The second-order valence-corrected chi connectivity index (χ2v) is 6.00. The summed E-state index contributed by atoms with van der Waals surface area (Å²) < 4.78 is 9.98. The number of ether oxygens (including phenoxy) is 2. The quantitative estimate of drug-likeness (QED) is 0.477. The number of rotatable bonds is 8. The first kappa shape index (κ1) is 20.2. The van der Waals surface area contributed by atoms with Crippen molar-refractivity contribution < 1.29 is 23.9 Å². The number of amides is 2. The monoisotopic (exact) mass is 373 g/mol. The standard InChI is InChI=1S/C19H23N3O5/c1-11-15(19(25)27-8-7-26-3)12(2)22-16(11)18(24)21-10-13-5-4-6-14(9-13)17(20)23/h4-6,9,22H,7-8,10H2,1-3H3,(H2,20,23)(H,21,24). The minimum Gasteiger partial charge on any atom is -0.460 e. The summed E-state index contributed by atoms with van der Waals surface area (Å²) in [6.45, 7) is 4.03. The van der Waals surface area contributed by atoms with E-state index >= 15 is 0 Å². The maximum Gasteiger partial charge on any atom is 0.340 e. The zero-order chi connectivity index (χ0) is 20.0. The van der Waals surface area contributed by atoms with E-state index in [4.69, 9.17) is 15.2 Å². The van der Waals surface area contributed by atoms with E-state index in [1.54, 1.807) is 38.1 Å². The number of aryl methyl sites for hydroxylation is 1. The van der Waals surface area contributed by atoms with E-state index < -0.39 is 11.9 Å². The number of hydrogen-bond donors (Lipinski definition) is 3. The largest absolute Gasteiger partial charge is 0.460 e. The Labute approximate surface area is 157 Å². The molecular formula is C19H23N3O5. The molecule has 0 aliphatic heterocycles. The first-order chi connectivity index (χ1) is 12.8. The molecule has 27 heavy (non-hydrogen) atoms. The molecule has 8 nitrogen and oxygen atoms in total. The number of carbonyl (C=O) groups is 3. The third-order valence-electron chi connectivity index (χ3n) is 4.05. The molecule has 0 fully saturated rings. The fraction of sp³-hybridized carbons (Fsp3) is 0.316. The maximum atomic E-state index is 12.5. The molecule has 0 bridgehead atoms. The van der Waals surface area contributed by atoms with Gasteiger partial charge in [0.1, 0.15) is 12.3 Å². The predicted molar refractivity (Wildman–Crippen MR) is 98.6 cm³/mol. The van der Waals surface area contributed by atoms with Crippen molar-refractivity contribution in [2.24, 2.45) is 5.73 Å². The number of nitrogens with two attached hydrogens (primary N) is 1. The van der Waals surface area contributed by atoms with Crippen LogP contribution in [0.4, 0.5) is 0 Å². The SMILES string of the molecule is COCCOC(=O)c1c(C)[nH]c(C(=O)NCc2cccc(C(N)=O)c2)c1C. The van der Waals surface area contributed by atoms with E-state index in [1.165, 1.54) is 7.11 Å². The maximum absolute atomic E-state index is 12.5. The Morgan fingerprint density at radius 2 is 1.93 bits per heavy atom. The van der Waals surface area contributed by atoms with Crippen LogP contribution >= 0.6 is 0 Å². The van der Waals surface area contributed by atoms with Gasteiger partial charge in [-0.1, -0.05) is 12.1 Å². The Morgan fingerprint density at radius 1 is 1.19 bits per heavy atom. The van der Waals surface area contributed by atoms with Crippen LogP contribution in [0.25, 0.3) is 0 Å². The van der Waals surface area contributed by atoms with Crippen LogP contribution in [0.1, 0.15) is 48.0 Å². The van der Waals surface area contributed by atoms with Gasteiger partial charge in [-0.2, -0.15) is 0 Å². The van der Waals surface area contributed by atoms with Gasteiger partial charge in [-0.05, 0) is 37.1 Å². The van der Waals surface area contributed by atoms with Gasteiger partial charge in [0.15, 0.2) is 0 Å². The highest BCUT2D eigenvalue weighted by Gasteiger charge is 2.22. The lowest BCUT2D eigenvalue weighted by molar-refractivity contribution is 0.0386. The highest BCUT2D eigenvalue weighted by Crippen LogP contribution is 2.19. The van der Waals surface area contributed by atoms with Gasteiger partial charge in [0, 0.05) is 24.9 Å². The molecule has 2 amide bonds. The molecule has 4 N–H and O–H groups in total. The van der Waals surface area contributed by atoms with Crippen LogP contribution < -0.4 is 11.1 Å². The zero-order valence-electron chi connectivity index (χ0n) is 15.5. The average Bonchev–Trinajstić information content (AvgIpc) is 2.94. The predicted octanol–water partition coefficient (Wildman–Crippen LogP) is 1.46. The number of esters is 1. The van der Waals surface area contributed by atoms with E-state index in [-0.39, 0.29) is 24.8 Å². The average molecular weight is 373 g/mol. The molecule has 0 aliphatic rings. The molecule has 8 heteroatoms. The molecule has 0 atom stereocenters. The van der Waals surface area contributed by atoms with E-state index in [9.17, 15) is 14.4 Å². The lowest BCUT2D eigenvalue weighted by Crippen LogP contribution is -2.24. The molecule has 144 valence electrons. The Morgan fingerprint density at radius 3 is 2.59 bits per heavy atom. The van der Waals surface area contributed by atoms with Crippen molar-refractivity contribution in [2.45, 2.75) is 20.4 Å². The van der Waals surface area contributed by atoms with Gasteiger partial charge in [-0.15, -0.1) is 0 Å². The van der Waals surface area contributed by atoms with E-state index in [2.05, 4.69) is 10.3 Å². The summed E-state index contributed by atoms with van der Waals surface area (Å²) in [5.74, 6) is -1.40. The van der Waals surface area contributed by atoms with Crippen LogP contribution in [0.3, 0.4) is 0 Å². The molecule has 0 spiro atoms. The number of nitrogens with one attached hydrogen (secondary N) is 2. The molecule has 1 heterocycles. The number of primary amides is 1. The highest BCUT2D eigenvalue weighted by atomic mass is 16.6. The summed E-state index contributed by atoms with van der Waals surface area (Å²) in [4.78, 5) is 38.9. The molecule has 1 aromatic carbocycles. The Balaban J connectivity index is 2.08. The zero-order valence-corrected chi connectivity index (χ0v) is 15.5. The fourth-order valence-electron chi connectivity index (χ4n) is 2.68. The number of hydrogen-bond acceptors (Lipinski definition) is 5. The topological polar surface area (TPSA) is 124 Å². The van der Waals surface area contributed by atoms with Gasteiger partial charge < -0.3 is 25.5 Å². The van der Waals surface area contributed by atoms with Crippen molar-refractivity contribution >= 4 is 17.8 Å². The van der Waals surface area contributed by atoms with Crippen LogP contribution in [0.5, 0.6) is 0 Å². The summed E-state index contributed by atoms with van der Waals surface area (Å²) in [6.07, 6.45) is 0. The third kappa shape index (κ3) is 4.95. The first-order valence-corrected chi connectivity index (χ1v) is 8.37. The van der Waals surface area contributed by atoms with Crippen LogP contribution in [-0.4, -0.2) is 43.1 Å². The molecular weight excluding hydrogens is 350 g/mol. The van der Waals surface area contributed by atoms with E-state index in [0.717, 1.165) is 5.56 Å².